The van der Waals surface area contributed by atoms with Gasteiger partial charge in [-0.15, -0.1) is 0 Å². The average molecular weight is 160 g/mol. The summed E-state index contributed by atoms with van der Waals surface area (Å²) in [6.45, 7) is 4.38. The molecule has 1 aromatic rings. The third kappa shape index (κ3) is 2.54. The maximum Gasteiger partial charge on any atom is -0.00104 e. The number of hydrogen-bond donors (Lipinski definition) is 0. The third-order valence-corrected chi connectivity index (χ3v) is 1.99. The molecule has 1 unspecified atom stereocenters. The zero-order valence-corrected chi connectivity index (χ0v) is 7.83. The third-order valence-electron chi connectivity index (χ3n) is 1.99. The van der Waals surface area contributed by atoms with E-state index < -0.39 is 0 Å². The van der Waals surface area contributed by atoms with Gasteiger partial charge in [-0.05, 0) is 17.9 Å². The molecule has 64 valence electrons. The monoisotopic (exact) mass is 160 g/mol. The Hall–Kier alpha value is -1.04. The van der Waals surface area contributed by atoms with Crippen LogP contribution in [0.3, 0.4) is 0 Å². The minimum atomic E-state index is 0.547. The molecule has 0 heteroatoms. The van der Waals surface area contributed by atoms with Crippen LogP contribution >= 0.6 is 0 Å². The molecule has 1 atom stereocenters. The molecule has 0 fully saturated rings. The number of allylic oxidation sites excluding steroid dienone is 2. The van der Waals surface area contributed by atoms with Crippen molar-refractivity contribution in [2.75, 3.05) is 0 Å². The van der Waals surface area contributed by atoms with Gasteiger partial charge in [-0.3, -0.25) is 0 Å². The molecule has 0 aliphatic heterocycles. The van der Waals surface area contributed by atoms with Gasteiger partial charge >= 0.3 is 0 Å². The summed E-state index contributed by atoms with van der Waals surface area (Å²) in [5.74, 6) is 0.547. The fraction of sp³-hybridized carbons (Fsp3) is 0.333. The SMILES string of the molecule is CCC=CC(C)c1ccccc1. The normalized spacial score (nSPS) is 13.5. The van der Waals surface area contributed by atoms with Gasteiger partial charge in [0.1, 0.15) is 0 Å². The molecule has 0 amide bonds. The van der Waals surface area contributed by atoms with E-state index >= 15 is 0 Å². The second-order valence-electron chi connectivity index (χ2n) is 3.04. The van der Waals surface area contributed by atoms with E-state index in [-0.39, 0.29) is 0 Å². The van der Waals surface area contributed by atoms with E-state index in [0.29, 0.717) is 5.92 Å². The van der Waals surface area contributed by atoms with E-state index in [9.17, 15) is 0 Å². The first-order chi connectivity index (χ1) is 5.84. The van der Waals surface area contributed by atoms with Gasteiger partial charge in [0.05, 0.1) is 0 Å². The zero-order chi connectivity index (χ0) is 8.81. The zero-order valence-electron chi connectivity index (χ0n) is 7.83. The van der Waals surface area contributed by atoms with Crippen LogP contribution in [-0.4, -0.2) is 0 Å². The second-order valence-corrected chi connectivity index (χ2v) is 3.04. The highest BCUT2D eigenvalue weighted by Gasteiger charge is 1.97. The van der Waals surface area contributed by atoms with Gasteiger partial charge in [0.25, 0.3) is 0 Å². The molecule has 0 heterocycles. The van der Waals surface area contributed by atoms with Gasteiger partial charge < -0.3 is 0 Å². The van der Waals surface area contributed by atoms with Crippen LogP contribution in [0.4, 0.5) is 0 Å². The van der Waals surface area contributed by atoms with E-state index in [0.717, 1.165) is 6.42 Å². The smallest absolute Gasteiger partial charge is 0.00104 e. The summed E-state index contributed by atoms with van der Waals surface area (Å²) in [6, 6.07) is 10.6. The summed E-state index contributed by atoms with van der Waals surface area (Å²) in [7, 11) is 0. The summed E-state index contributed by atoms with van der Waals surface area (Å²) < 4.78 is 0. The van der Waals surface area contributed by atoms with Gasteiger partial charge in [0.2, 0.25) is 0 Å². The Balaban J connectivity index is 2.65. The van der Waals surface area contributed by atoms with Crippen molar-refractivity contribution in [2.45, 2.75) is 26.2 Å². The van der Waals surface area contributed by atoms with Crippen molar-refractivity contribution in [3.05, 3.63) is 48.0 Å². The van der Waals surface area contributed by atoms with Crippen LogP contribution in [-0.2, 0) is 0 Å². The van der Waals surface area contributed by atoms with Gasteiger partial charge in [0.15, 0.2) is 0 Å². The molecule has 0 aliphatic rings. The van der Waals surface area contributed by atoms with E-state index in [4.69, 9.17) is 0 Å². The molecule has 0 spiro atoms. The van der Waals surface area contributed by atoms with Gasteiger partial charge in [-0.25, -0.2) is 0 Å². The molecule has 0 saturated carbocycles. The topological polar surface area (TPSA) is 0 Å². The van der Waals surface area contributed by atoms with Crippen LogP contribution in [0, 0.1) is 0 Å². The van der Waals surface area contributed by atoms with E-state index in [1.807, 2.05) is 0 Å². The van der Waals surface area contributed by atoms with Crippen LogP contribution in [0.2, 0.25) is 0 Å². The highest BCUT2D eigenvalue weighted by atomic mass is 14.0. The van der Waals surface area contributed by atoms with Crippen LogP contribution < -0.4 is 0 Å². The molecule has 0 bridgehead atoms. The lowest BCUT2D eigenvalue weighted by Crippen LogP contribution is -1.86. The van der Waals surface area contributed by atoms with Gasteiger partial charge in [0, 0.05) is 0 Å². The Morgan fingerprint density at radius 1 is 1.25 bits per heavy atom. The second kappa shape index (κ2) is 4.76. The number of benzene rings is 1. The molecular weight excluding hydrogens is 144 g/mol. The van der Waals surface area contributed by atoms with E-state index in [2.05, 4.69) is 56.3 Å². The van der Waals surface area contributed by atoms with Crippen LogP contribution in [0.5, 0.6) is 0 Å². The minimum Gasteiger partial charge on any atom is -0.0882 e. The Bertz CT molecular complexity index is 233. The summed E-state index contributed by atoms with van der Waals surface area (Å²) in [5.41, 5.74) is 1.39. The first kappa shape index (κ1) is 9.05. The molecule has 0 N–H and O–H groups in total. The highest BCUT2D eigenvalue weighted by molar-refractivity contribution is 5.22. The van der Waals surface area contributed by atoms with Gasteiger partial charge in [-0.1, -0.05) is 56.3 Å². The molecular formula is C12H16. The standard InChI is InChI=1S/C12H16/c1-3-4-8-11(2)12-9-6-5-7-10-12/h4-11H,3H2,1-2H3. The molecule has 1 rings (SSSR count). The predicted molar refractivity (Wildman–Crippen MR) is 54.3 cm³/mol. The summed E-state index contributed by atoms with van der Waals surface area (Å²) in [6.07, 6.45) is 5.60. The van der Waals surface area contributed by atoms with Crippen molar-refractivity contribution in [3.8, 4) is 0 Å². The minimum absolute atomic E-state index is 0.547. The highest BCUT2D eigenvalue weighted by Crippen LogP contribution is 2.15. The van der Waals surface area contributed by atoms with E-state index in [1.165, 1.54) is 5.56 Å². The Labute approximate surface area is 74.9 Å². The Kier molecular flexibility index (Phi) is 3.59. The summed E-state index contributed by atoms with van der Waals surface area (Å²) in [5, 5.41) is 0. The Morgan fingerprint density at radius 3 is 2.50 bits per heavy atom. The molecule has 0 aliphatic carbocycles. The fourth-order valence-corrected chi connectivity index (χ4v) is 1.21. The number of rotatable bonds is 3. The number of hydrogen-bond acceptors (Lipinski definition) is 0. The van der Waals surface area contributed by atoms with Crippen molar-refractivity contribution >= 4 is 0 Å². The van der Waals surface area contributed by atoms with Gasteiger partial charge in [-0.2, -0.15) is 0 Å². The quantitative estimate of drug-likeness (QED) is 0.591. The fourth-order valence-electron chi connectivity index (χ4n) is 1.21. The van der Waals surface area contributed by atoms with Crippen LogP contribution in [0.25, 0.3) is 0 Å². The lowest BCUT2D eigenvalue weighted by molar-refractivity contribution is 0.957. The molecule has 0 nitrogen and oxygen atoms in total. The average Bonchev–Trinajstić information content (AvgIpc) is 2.15. The maximum absolute atomic E-state index is 2.26. The maximum atomic E-state index is 2.26. The largest absolute Gasteiger partial charge is 0.0882 e. The van der Waals surface area contributed by atoms with Crippen molar-refractivity contribution < 1.29 is 0 Å². The van der Waals surface area contributed by atoms with Crippen molar-refractivity contribution in [2.24, 2.45) is 0 Å². The lowest BCUT2D eigenvalue weighted by atomic mass is 10.0. The molecule has 0 radical (unpaired) electrons. The molecule has 1 aromatic carbocycles. The van der Waals surface area contributed by atoms with Crippen LogP contribution in [0.15, 0.2) is 42.5 Å². The molecule has 0 saturated heterocycles. The first-order valence-electron chi connectivity index (χ1n) is 4.56. The first-order valence-corrected chi connectivity index (χ1v) is 4.56. The molecule has 0 aromatic heterocycles. The van der Waals surface area contributed by atoms with Crippen molar-refractivity contribution in [1.82, 2.24) is 0 Å². The molecule has 12 heavy (non-hydrogen) atoms. The summed E-state index contributed by atoms with van der Waals surface area (Å²) in [4.78, 5) is 0. The van der Waals surface area contributed by atoms with Crippen molar-refractivity contribution in [3.63, 3.8) is 0 Å². The predicted octanol–water partition coefficient (Wildman–Crippen LogP) is 3.76. The summed E-state index contributed by atoms with van der Waals surface area (Å²) >= 11 is 0. The van der Waals surface area contributed by atoms with Crippen molar-refractivity contribution in [1.29, 1.82) is 0 Å². The Morgan fingerprint density at radius 2 is 1.92 bits per heavy atom. The van der Waals surface area contributed by atoms with Crippen LogP contribution in [0.1, 0.15) is 31.7 Å². The lowest BCUT2D eigenvalue weighted by Gasteiger charge is -2.04. The van der Waals surface area contributed by atoms with E-state index in [1.54, 1.807) is 0 Å².